The molecule has 2 aromatic heterocycles. The summed E-state index contributed by atoms with van der Waals surface area (Å²) in [7, 11) is -3.24. The van der Waals surface area contributed by atoms with E-state index in [1.807, 2.05) is 4.90 Å². The number of piperazine rings is 1. The standard InChI is InChI=1S/C13H15ClF3N5O2S2/c1-26(23,24)20-4-2-19(3-5-20)8-22-12(25)21-7-9(13(15,16)17)6-10(14)11(21)18-22/h6-7H,2-5,8H2,1H3. The van der Waals surface area contributed by atoms with Crippen LogP contribution in [-0.4, -0.2) is 64.2 Å². The van der Waals surface area contributed by atoms with Gasteiger partial charge in [0.05, 0.1) is 23.5 Å². The summed E-state index contributed by atoms with van der Waals surface area (Å²) in [5.74, 6) is 0. The molecule has 0 bridgehead atoms. The van der Waals surface area contributed by atoms with Gasteiger partial charge in [-0.25, -0.2) is 13.1 Å². The van der Waals surface area contributed by atoms with Crippen molar-refractivity contribution in [3.8, 4) is 0 Å². The van der Waals surface area contributed by atoms with Crippen molar-refractivity contribution in [2.45, 2.75) is 12.8 Å². The lowest BCUT2D eigenvalue weighted by Gasteiger charge is -2.32. The molecule has 0 spiro atoms. The van der Waals surface area contributed by atoms with Crippen LogP contribution in [0.15, 0.2) is 12.3 Å². The minimum Gasteiger partial charge on any atom is -0.282 e. The number of rotatable bonds is 3. The Balaban J connectivity index is 1.85. The van der Waals surface area contributed by atoms with Crippen LogP contribution < -0.4 is 0 Å². The van der Waals surface area contributed by atoms with Crippen molar-refractivity contribution in [3.05, 3.63) is 27.6 Å². The molecule has 7 nitrogen and oxygen atoms in total. The SMILES string of the molecule is CS(=O)(=O)N1CCN(Cn2nc3c(Cl)cc(C(F)(F)F)cn3c2=S)CC1. The van der Waals surface area contributed by atoms with Gasteiger partial charge >= 0.3 is 6.18 Å². The smallest absolute Gasteiger partial charge is 0.282 e. The Morgan fingerprint density at radius 1 is 1.27 bits per heavy atom. The van der Waals surface area contributed by atoms with Gasteiger partial charge in [0.1, 0.15) is 0 Å². The van der Waals surface area contributed by atoms with Gasteiger partial charge in [-0.1, -0.05) is 11.6 Å². The average Bonchev–Trinajstić information content (AvgIpc) is 2.83. The van der Waals surface area contributed by atoms with Gasteiger partial charge in [0.25, 0.3) is 0 Å². The van der Waals surface area contributed by atoms with Crippen LogP contribution in [0.1, 0.15) is 5.56 Å². The Kier molecular flexibility index (Phi) is 5.07. The van der Waals surface area contributed by atoms with Crippen LogP contribution in [0.25, 0.3) is 5.65 Å². The van der Waals surface area contributed by atoms with E-state index in [1.54, 1.807) is 0 Å². The largest absolute Gasteiger partial charge is 0.417 e. The highest BCUT2D eigenvalue weighted by molar-refractivity contribution is 7.88. The molecule has 0 unspecified atom stereocenters. The van der Waals surface area contributed by atoms with E-state index in [4.69, 9.17) is 23.8 Å². The topological polar surface area (TPSA) is 62.9 Å². The molecule has 1 aliphatic rings. The predicted octanol–water partition coefficient (Wildman–Crippen LogP) is 2.07. The Labute approximate surface area is 157 Å². The summed E-state index contributed by atoms with van der Waals surface area (Å²) in [6, 6.07) is 0.813. The first kappa shape index (κ1) is 19.5. The summed E-state index contributed by atoms with van der Waals surface area (Å²) in [5.41, 5.74) is -0.771. The van der Waals surface area contributed by atoms with Crippen molar-refractivity contribution < 1.29 is 21.6 Å². The molecule has 3 heterocycles. The lowest BCUT2D eigenvalue weighted by molar-refractivity contribution is -0.137. The number of halogens is 4. The fraction of sp³-hybridized carbons (Fsp3) is 0.538. The molecule has 1 aliphatic heterocycles. The normalized spacial score (nSPS) is 17.9. The van der Waals surface area contributed by atoms with Crippen LogP contribution in [0, 0.1) is 4.77 Å². The number of hydrogen-bond donors (Lipinski definition) is 0. The fourth-order valence-corrected chi connectivity index (χ4v) is 4.03. The highest BCUT2D eigenvalue weighted by Crippen LogP contribution is 2.32. The van der Waals surface area contributed by atoms with E-state index in [0.717, 1.165) is 22.9 Å². The molecule has 2 aromatic rings. The summed E-state index contributed by atoms with van der Waals surface area (Å²) < 4.78 is 65.9. The maximum absolute atomic E-state index is 12.9. The Morgan fingerprint density at radius 2 is 1.88 bits per heavy atom. The minimum atomic E-state index is -4.54. The average molecular weight is 430 g/mol. The number of aromatic nitrogens is 3. The van der Waals surface area contributed by atoms with E-state index in [2.05, 4.69) is 5.10 Å². The third kappa shape index (κ3) is 3.88. The van der Waals surface area contributed by atoms with Crippen LogP contribution in [0.3, 0.4) is 0 Å². The predicted molar refractivity (Wildman–Crippen MR) is 92.0 cm³/mol. The van der Waals surface area contributed by atoms with Gasteiger partial charge in [0.2, 0.25) is 14.8 Å². The zero-order valence-electron chi connectivity index (χ0n) is 13.6. The fourth-order valence-electron chi connectivity index (χ4n) is 2.72. The Morgan fingerprint density at radius 3 is 2.42 bits per heavy atom. The van der Waals surface area contributed by atoms with E-state index in [9.17, 15) is 21.6 Å². The summed E-state index contributed by atoms with van der Waals surface area (Å²) in [6.45, 7) is 1.82. The van der Waals surface area contributed by atoms with Gasteiger partial charge < -0.3 is 0 Å². The third-order valence-corrected chi connectivity index (χ3v) is 6.08. The summed E-state index contributed by atoms with van der Waals surface area (Å²) in [4.78, 5) is 1.92. The molecule has 144 valence electrons. The number of sulfonamides is 1. The molecule has 1 fully saturated rings. The molecule has 0 aromatic carbocycles. The van der Waals surface area contributed by atoms with Crippen molar-refractivity contribution in [2.24, 2.45) is 0 Å². The maximum Gasteiger partial charge on any atom is 0.417 e. The molecule has 0 radical (unpaired) electrons. The van der Waals surface area contributed by atoms with Gasteiger partial charge in [0, 0.05) is 32.4 Å². The number of pyridine rings is 1. The quantitative estimate of drug-likeness (QED) is 0.699. The number of fused-ring (bicyclic) bond motifs is 1. The van der Waals surface area contributed by atoms with E-state index in [1.165, 1.54) is 8.99 Å². The van der Waals surface area contributed by atoms with E-state index >= 15 is 0 Å². The van der Waals surface area contributed by atoms with Crippen molar-refractivity contribution in [1.29, 1.82) is 0 Å². The van der Waals surface area contributed by atoms with Crippen LogP contribution in [0.4, 0.5) is 13.2 Å². The van der Waals surface area contributed by atoms with Gasteiger partial charge in [-0.15, -0.1) is 5.10 Å². The molecular weight excluding hydrogens is 415 g/mol. The second kappa shape index (κ2) is 6.75. The Bertz CT molecular complexity index is 994. The van der Waals surface area contributed by atoms with Crippen LogP contribution in [0.5, 0.6) is 0 Å². The highest BCUT2D eigenvalue weighted by Gasteiger charge is 2.32. The Hall–Kier alpha value is -1.21. The second-order valence-electron chi connectivity index (χ2n) is 5.97. The van der Waals surface area contributed by atoms with E-state index < -0.39 is 21.8 Å². The minimum absolute atomic E-state index is 0.0820. The van der Waals surface area contributed by atoms with Gasteiger partial charge in [-0.3, -0.25) is 9.30 Å². The van der Waals surface area contributed by atoms with Crippen LogP contribution >= 0.6 is 23.8 Å². The van der Waals surface area contributed by atoms with Crippen LogP contribution in [0.2, 0.25) is 5.02 Å². The molecule has 1 saturated heterocycles. The molecule has 13 heteroatoms. The number of nitrogens with zero attached hydrogens (tertiary/aromatic N) is 5. The van der Waals surface area contributed by atoms with Gasteiger partial charge in [-0.2, -0.15) is 17.5 Å². The second-order valence-corrected chi connectivity index (χ2v) is 8.73. The zero-order valence-corrected chi connectivity index (χ0v) is 16.0. The van der Waals surface area contributed by atoms with Crippen molar-refractivity contribution in [2.75, 3.05) is 32.4 Å². The summed E-state index contributed by atoms with van der Waals surface area (Å²) in [6.07, 6.45) is -2.52. The molecule has 0 N–H and O–H groups in total. The van der Waals surface area contributed by atoms with Gasteiger partial charge in [-0.05, 0) is 18.3 Å². The molecular formula is C13H15ClF3N5O2S2. The lowest BCUT2D eigenvalue weighted by atomic mass is 10.3. The lowest BCUT2D eigenvalue weighted by Crippen LogP contribution is -2.48. The summed E-state index contributed by atoms with van der Waals surface area (Å²) in [5, 5.41) is 4.05. The van der Waals surface area contributed by atoms with Gasteiger partial charge in [0.15, 0.2) is 5.65 Å². The molecule has 26 heavy (non-hydrogen) atoms. The highest BCUT2D eigenvalue weighted by atomic mass is 35.5. The summed E-state index contributed by atoms with van der Waals surface area (Å²) >= 11 is 11.2. The van der Waals surface area contributed by atoms with E-state index in [0.29, 0.717) is 26.2 Å². The van der Waals surface area contributed by atoms with Crippen LogP contribution in [-0.2, 0) is 22.9 Å². The maximum atomic E-state index is 12.9. The monoisotopic (exact) mass is 429 g/mol. The van der Waals surface area contributed by atoms with E-state index in [-0.39, 0.29) is 22.1 Å². The number of alkyl halides is 3. The molecule has 0 atom stereocenters. The molecule has 0 saturated carbocycles. The van der Waals surface area contributed by atoms with Crippen molar-refractivity contribution in [3.63, 3.8) is 0 Å². The first-order chi connectivity index (χ1) is 12.0. The number of hydrogen-bond acceptors (Lipinski definition) is 5. The van der Waals surface area contributed by atoms with Crippen molar-refractivity contribution >= 4 is 39.5 Å². The zero-order chi connectivity index (χ0) is 19.3. The molecule has 0 aliphatic carbocycles. The molecule has 3 rings (SSSR count). The van der Waals surface area contributed by atoms with Crippen molar-refractivity contribution in [1.82, 2.24) is 23.4 Å². The first-order valence-electron chi connectivity index (χ1n) is 7.50. The molecule has 0 amide bonds. The first-order valence-corrected chi connectivity index (χ1v) is 10.1. The third-order valence-electron chi connectivity index (χ3n) is 4.10.